The van der Waals surface area contributed by atoms with E-state index in [9.17, 15) is 14.9 Å². The largest absolute Gasteiger partial charge is 0.492 e. The minimum absolute atomic E-state index is 0.145. The number of ether oxygens (including phenoxy) is 1. The predicted octanol–water partition coefficient (Wildman–Crippen LogP) is 4.28. The van der Waals surface area contributed by atoms with E-state index in [-0.39, 0.29) is 11.3 Å². The molecule has 1 amide bonds. The van der Waals surface area contributed by atoms with Crippen molar-refractivity contribution in [1.29, 1.82) is 0 Å². The van der Waals surface area contributed by atoms with E-state index in [1.54, 1.807) is 6.07 Å². The normalized spacial score (nSPS) is 10.7. The van der Waals surface area contributed by atoms with Gasteiger partial charge in [0.15, 0.2) is 0 Å². The summed E-state index contributed by atoms with van der Waals surface area (Å²) >= 11 is 6.79. The minimum atomic E-state index is -0.562. The molecule has 0 aliphatic rings. The van der Waals surface area contributed by atoms with Crippen LogP contribution in [-0.4, -0.2) is 23.7 Å². The number of carbonyl (C=O) groups is 1. The van der Waals surface area contributed by atoms with Crippen LogP contribution in [0, 0.1) is 10.1 Å². The van der Waals surface area contributed by atoms with Gasteiger partial charge >= 0.3 is 0 Å². The van der Waals surface area contributed by atoms with Crippen LogP contribution >= 0.6 is 31.9 Å². The van der Waals surface area contributed by atoms with Gasteiger partial charge < -0.3 is 4.74 Å². The highest BCUT2D eigenvalue weighted by Gasteiger charge is 2.11. The highest BCUT2D eigenvalue weighted by Crippen LogP contribution is 2.32. The summed E-state index contributed by atoms with van der Waals surface area (Å²) in [5.41, 5.74) is 2.98. The van der Waals surface area contributed by atoms with E-state index in [4.69, 9.17) is 4.74 Å². The summed E-state index contributed by atoms with van der Waals surface area (Å²) in [6, 6.07) is 9.04. The average Bonchev–Trinajstić information content (AvgIpc) is 2.57. The van der Waals surface area contributed by atoms with Crippen molar-refractivity contribution >= 4 is 49.7 Å². The molecular weight excluding hydrogens is 458 g/mol. The summed E-state index contributed by atoms with van der Waals surface area (Å²) in [7, 11) is 0. The predicted molar refractivity (Wildman–Crippen MR) is 101 cm³/mol. The van der Waals surface area contributed by atoms with Gasteiger partial charge in [-0.2, -0.15) is 5.10 Å². The molecule has 0 fully saturated rings. The molecule has 130 valence electrons. The summed E-state index contributed by atoms with van der Waals surface area (Å²) in [5.74, 6) is 0.0472. The number of nitro benzene ring substituents is 1. The van der Waals surface area contributed by atoms with Gasteiger partial charge in [-0.15, -0.1) is 0 Å². The third kappa shape index (κ3) is 5.10. The highest BCUT2D eigenvalue weighted by molar-refractivity contribution is 9.11. The first kappa shape index (κ1) is 19.1. The van der Waals surface area contributed by atoms with E-state index in [2.05, 4.69) is 42.4 Å². The molecule has 0 aliphatic heterocycles. The summed E-state index contributed by atoms with van der Waals surface area (Å²) in [6.07, 6.45) is 1.44. The number of non-ortho nitro benzene ring substituents is 1. The van der Waals surface area contributed by atoms with Crippen molar-refractivity contribution in [3.05, 3.63) is 66.6 Å². The zero-order valence-corrected chi connectivity index (χ0v) is 16.2. The number of halogens is 2. The molecule has 0 atom stereocenters. The lowest BCUT2D eigenvalue weighted by molar-refractivity contribution is -0.384. The SMILES string of the molecule is CCOc1c(Br)cc(Br)cc1C=NNC(=O)c1cccc([N+](=O)[O-])c1. The molecule has 1 N–H and O–H groups in total. The summed E-state index contributed by atoms with van der Waals surface area (Å²) in [6.45, 7) is 2.33. The fourth-order valence-corrected chi connectivity index (χ4v) is 3.33. The number of benzene rings is 2. The van der Waals surface area contributed by atoms with Crippen molar-refractivity contribution in [3.8, 4) is 5.75 Å². The van der Waals surface area contributed by atoms with Crippen molar-refractivity contribution in [1.82, 2.24) is 5.43 Å². The van der Waals surface area contributed by atoms with Crippen LogP contribution in [0.15, 0.2) is 50.4 Å². The van der Waals surface area contributed by atoms with E-state index < -0.39 is 10.8 Å². The molecule has 0 radical (unpaired) electrons. The fraction of sp³-hybridized carbons (Fsp3) is 0.125. The van der Waals surface area contributed by atoms with E-state index >= 15 is 0 Å². The van der Waals surface area contributed by atoms with Crippen molar-refractivity contribution < 1.29 is 14.5 Å². The second kappa shape index (κ2) is 8.72. The zero-order chi connectivity index (χ0) is 18.4. The number of carbonyl (C=O) groups excluding carboxylic acids is 1. The molecule has 0 spiro atoms. The molecule has 0 unspecified atom stereocenters. The quantitative estimate of drug-likeness (QED) is 0.387. The Kier molecular flexibility index (Phi) is 6.65. The Morgan fingerprint density at radius 2 is 2.12 bits per heavy atom. The lowest BCUT2D eigenvalue weighted by Crippen LogP contribution is -2.17. The van der Waals surface area contributed by atoms with Crippen molar-refractivity contribution in [2.75, 3.05) is 6.61 Å². The van der Waals surface area contributed by atoms with Gasteiger partial charge in [-0.3, -0.25) is 14.9 Å². The van der Waals surface area contributed by atoms with Crippen molar-refractivity contribution in [2.45, 2.75) is 6.92 Å². The molecule has 2 aromatic carbocycles. The molecule has 0 heterocycles. The van der Waals surface area contributed by atoms with Gasteiger partial charge in [0.2, 0.25) is 0 Å². The first-order valence-electron chi connectivity index (χ1n) is 7.12. The number of hydrogen-bond acceptors (Lipinski definition) is 5. The number of nitrogens with zero attached hydrogens (tertiary/aromatic N) is 2. The molecule has 2 rings (SSSR count). The first-order valence-corrected chi connectivity index (χ1v) is 8.70. The smallest absolute Gasteiger partial charge is 0.271 e. The summed E-state index contributed by atoms with van der Waals surface area (Å²) in [5, 5.41) is 14.7. The van der Waals surface area contributed by atoms with E-state index in [1.807, 2.05) is 13.0 Å². The Labute approximate surface area is 160 Å². The molecule has 0 saturated heterocycles. The van der Waals surface area contributed by atoms with Crippen LogP contribution in [0.25, 0.3) is 0 Å². The number of rotatable bonds is 6. The van der Waals surface area contributed by atoms with Crippen molar-refractivity contribution in [2.24, 2.45) is 5.10 Å². The first-order chi connectivity index (χ1) is 11.9. The number of nitrogens with one attached hydrogen (secondary N) is 1. The third-order valence-corrected chi connectivity index (χ3v) is 4.06. The van der Waals surface area contributed by atoms with Gasteiger partial charge in [0.05, 0.1) is 22.2 Å². The topological polar surface area (TPSA) is 93.8 Å². The molecule has 25 heavy (non-hydrogen) atoms. The Morgan fingerprint density at radius 3 is 2.80 bits per heavy atom. The Morgan fingerprint density at radius 1 is 1.36 bits per heavy atom. The average molecular weight is 471 g/mol. The number of hydrogen-bond donors (Lipinski definition) is 1. The molecular formula is C16H13Br2N3O4. The molecule has 0 bridgehead atoms. The van der Waals surface area contributed by atoms with Gasteiger partial charge in [0.25, 0.3) is 11.6 Å². The molecule has 2 aromatic rings. The lowest BCUT2D eigenvalue weighted by Gasteiger charge is -2.10. The van der Waals surface area contributed by atoms with Crippen LogP contribution in [0.2, 0.25) is 0 Å². The van der Waals surface area contributed by atoms with Gasteiger partial charge in [-0.1, -0.05) is 22.0 Å². The third-order valence-electron chi connectivity index (χ3n) is 3.01. The molecule has 0 saturated carbocycles. The van der Waals surface area contributed by atoms with E-state index in [0.29, 0.717) is 17.9 Å². The maximum atomic E-state index is 12.1. The monoisotopic (exact) mass is 469 g/mol. The Balaban J connectivity index is 2.17. The number of nitro groups is 1. The molecule has 0 aromatic heterocycles. The van der Waals surface area contributed by atoms with Gasteiger partial charge in [0.1, 0.15) is 5.75 Å². The zero-order valence-electron chi connectivity index (χ0n) is 13.0. The standard InChI is InChI=1S/C16H13Br2N3O4/c1-2-25-15-11(6-12(17)8-14(15)18)9-19-20-16(22)10-4-3-5-13(7-10)21(23)24/h3-9H,2H2,1H3,(H,20,22). The van der Waals surface area contributed by atoms with E-state index in [1.165, 1.54) is 30.5 Å². The number of hydrazone groups is 1. The second-order valence-electron chi connectivity index (χ2n) is 4.75. The van der Waals surface area contributed by atoms with E-state index in [0.717, 1.165) is 8.95 Å². The molecule has 7 nitrogen and oxygen atoms in total. The van der Waals surface area contributed by atoms with Crippen LogP contribution in [0.1, 0.15) is 22.8 Å². The van der Waals surface area contributed by atoms with Gasteiger partial charge in [0, 0.05) is 27.7 Å². The highest BCUT2D eigenvalue weighted by atomic mass is 79.9. The van der Waals surface area contributed by atoms with Gasteiger partial charge in [-0.05, 0) is 41.1 Å². The summed E-state index contributed by atoms with van der Waals surface area (Å²) < 4.78 is 7.12. The van der Waals surface area contributed by atoms with Crippen LogP contribution in [0.5, 0.6) is 5.75 Å². The lowest BCUT2D eigenvalue weighted by atomic mass is 10.2. The van der Waals surface area contributed by atoms with Crippen molar-refractivity contribution in [3.63, 3.8) is 0 Å². The molecule has 9 heteroatoms. The summed E-state index contributed by atoms with van der Waals surface area (Å²) in [4.78, 5) is 22.3. The van der Waals surface area contributed by atoms with Gasteiger partial charge in [-0.25, -0.2) is 5.43 Å². The Hall–Kier alpha value is -2.26. The maximum Gasteiger partial charge on any atom is 0.271 e. The molecule has 0 aliphatic carbocycles. The number of amides is 1. The van der Waals surface area contributed by atoms with Crippen LogP contribution in [-0.2, 0) is 0 Å². The van der Waals surface area contributed by atoms with Crippen LogP contribution in [0.4, 0.5) is 5.69 Å². The minimum Gasteiger partial charge on any atom is -0.492 e. The van der Waals surface area contributed by atoms with Crippen LogP contribution in [0.3, 0.4) is 0 Å². The maximum absolute atomic E-state index is 12.1. The van der Waals surface area contributed by atoms with Crippen LogP contribution < -0.4 is 10.2 Å². The second-order valence-corrected chi connectivity index (χ2v) is 6.52. The Bertz CT molecular complexity index is 840. The fourth-order valence-electron chi connectivity index (χ4n) is 1.96.